The Bertz CT molecular complexity index is 1390. The molecule has 1 aliphatic rings. The number of hydrogen-bond acceptors (Lipinski definition) is 5. The first-order valence-electron chi connectivity index (χ1n) is 12.4. The first-order valence-corrected chi connectivity index (χ1v) is 15.1. The molecule has 0 aromatic heterocycles. The summed E-state index contributed by atoms with van der Waals surface area (Å²) in [6.45, 7) is 11.1. The SMILES string of the molecule is CC1OC(C)(c2ccc([S+](c3ccc(OC(C)C(F)(F)S(=O)(=O)O)cc3)c3ccc(C(C)(C)C)cc3)cc2)O1. The highest BCUT2D eigenvalue weighted by Gasteiger charge is 2.51. The van der Waals surface area contributed by atoms with Gasteiger partial charge in [-0.25, -0.2) is 0 Å². The normalized spacial score (nSPS) is 21.6. The maximum absolute atomic E-state index is 14.0. The van der Waals surface area contributed by atoms with E-state index in [9.17, 15) is 17.2 Å². The third kappa shape index (κ3) is 6.15. The van der Waals surface area contributed by atoms with Gasteiger partial charge in [-0.3, -0.25) is 4.55 Å². The molecule has 1 heterocycles. The molecule has 39 heavy (non-hydrogen) atoms. The van der Waals surface area contributed by atoms with Crippen LogP contribution in [-0.4, -0.2) is 30.6 Å². The fourth-order valence-electron chi connectivity index (χ4n) is 4.31. The average molecular weight is 580 g/mol. The molecule has 0 radical (unpaired) electrons. The van der Waals surface area contributed by atoms with Gasteiger partial charge >= 0.3 is 15.4 Å². The van der Waals surface area contributed by atoms with Crippen LogP contribution in [0, 0.1) is 0 Å². The Balaban J connectivity index is 1.67. The fraction of sp³-hybridized carbons (Fsp3) is 0.379. The Morgan fingerprint density at radius 2 is 1.33 bits per heavy atom. The minimum absolute atomic E-state index is 0.00602. The summed E-state index contributed by atoms with van der Waals surface area (Å²) in [5.74, 6) is -0.733. The zero-order valence-electron chi connectivity index (χ0n) is 22.6. The summed E-state index contributed by atoms with van der Waals surface area (Å²) in [4.78, 5) is 2.99. The first kappa shape index (κ1) is 29.5. The molecular formula is C29H33F2O6S2+. The van der Waals surface area contributed by atoms with Crippen LogP contribution in [0.2, 0.25) is 0 Å². The van der Waals surface area contributed by atoms with Gasteiger partial charge in [0.15, 0.2) is 32.9 Å². The van der Waals surface area contributed by atoms with Crippen molar-refractivity contribution in [2.45, 2.75) is 85.1 Å². The van der Waals surface area contributed by atoms with Crippen LogP contribution < -0.4 is 4.74 Å². The van der Waals surface area contributed by atoms with E-state index in [2.05, 4.69) is 45.0 Å². The van der Waals surface area contributed by atoms with Crippen LogP contribution in [0.5, 0.6) is 5.75 Å². The summed E-state index contributed by atoms with van der Waals surface area (Å²) in [7, 11) is -6.17. The molecule has 0 spiro atoms. The molecule has 4 rings (SSSR count). The second-order valence-electron chi connectivity index (χ2n) is 10.6. The van der Waals surface area contributed by atoms with Crippen LogP contribution in [0.15, 0.2) is 87.5 Å². The van der Waals surface area contributed by atoms with Crippen molar-refractivity contribution >= 4 is 21.0 Å². The number of ether oxygens (including phenoxy) is 3. The molecule has 0 saturated carbocycles. The maximum Gasteiger partial charge on any atom is 0.405 e. The van der Waals surface area contributed by atoms with E-state index in [1.165, 1.54) is 17.7 Å². The predicted molar refractivity (Wildman–Crippen MR) is 146 cm³/mol. The van der Waals surface area contributed by atoms with E-state index < -0.39 is 38.2 Å². The summed E-state index contributed by atoms with van der Waals surface area (Å²) < 4.78 is 75.6. The monoisotopic (exact) mass is 579 g/mol. The molecule has 2 atom stereocenters. The largest absolute Gasteiger partial charge is 0.483 e. The van der Waals surface area contributed by atoms with Gasteiger partial charge in [-0.05, 0) is 92.4 Å². The lowest BCUT2D eigenvalue weighted by molar-refractivity contribution is -0.448. The molecule has 0 aliphatic carbocycles. The molecule has 1 saturated heterocycles. The fourth-order valence-corrected chi connectivity index (χ4v) is 6.82. The number of rotatable bonds is 8. The summed E-state index contributed by atoms with van der Waals surface area (Å²) >= 11 is 0. The molecule has 10 heteroatoms. The maximum atomic E-state index is 14.0. The van der Waals surface area contributed by atoms with Crippen LogP contribution >= 0.6 is 0 Å². The standard InChI is InChI=1S/C29H32F2O6S2/c1-19(29(30,31)39(32,33)34)35-23-11-17-26(18-12-23)38(24-13-7-21(8-14-24)27(3,4)5)25-15-9-22(10-16-25)28(6)36-20(2)37-28/h7-20H,1-6H3/p+1. The van der Waals surface area contributed by atoms with Crippen LogP contribution in [0.4, 0.5) is 8.78 Å². The molecule has 210 valence electrons. The number of alkyl halides is 2. The molecule has 6 nitrogen and oxygen atoms in total. The minimum Gasteiger partial charge on any atom is -0.483 e. The van der Waals surface area contributed by atoms with E-state index in [0.29, 0.717) is 0 Å². The van der Waals surface area contributed by atoms with Crippen molar-refractivity contribution < 1.29 is 36.0 Å². The summed E-state index contributed by atoms with van der Waals surface area (Å²) in [6.07, 6.45) is -2.35. The Hall–Kier alpha value is -2.50. The van der Waals surface area contributed by atoms with Crippen molar-refractivity contribution in [1.29, 1.82) is 0 Å². The molecule has 1 aliphatic heterocycles. The number of hydrogen-bond donors (Lipinski definition) is 1. The second-order valence-corrected chi connectivity index (χ2v) is 14.1. The van der Waals surface area contributed by atoms with Gasteiger partial charge in [0.1, 0.15) is 5.75 Å². The molecule has 0 amide bonds. The molecule has 1 fully saturated rings. The third-order valence-corrected chi connectivity index (χ3v) is 9.79. The molecule has 0 bridgehead atoms. The van der Waals surface area contributed by atoms with Gasteiger partial charge in [-0.15, -0.1) is 0 Å². The smallest absolute Gasteiger partial charge is 0.405 e. The molecule has 3 aromatic carbocycles. The second kappa shape index (κ2) is 10.5. The van der Waals surface area contributed by atoms with Gasteiger partial charge in [-0.1, -0.05) is 32.9 Å². The van der Waals surface area contributed by atoms with Crippen LogP contribution in [0.25, 0.3) is 0 Å². The Morgan fingerprint density at radius 3 is 1.74 bits per heavy atom. The van der Waals surface area contributed by atoms with Gasteiger partial charge in [0.05, 0.1) is 10.9 Å². The van der Waals surface area contributed by atoms with Crippen molar-refractivity contribution in [3.63, 3.8) is 0 Å². The summed E-state index contributed by atoms with van der Waals surface area (Å²) in [6, 6.07) is 23.0. The Morgan fingerprint density at radius 1 is 0.897 bits per heavy atom. The van der Waals surface area contributed by atoms with Crippen molar-refractivity contribution in [2.75, 3.05) is 0 Å². The Kier molecular flexibility index (Phi) is 7.92. The zero-order valence-corrected chi connectivity index (χ0v) is 24.3. The lowest BCUT2D eigenvalue weighted by atomic mass is 9.87. The molecule has 2 unspecified atom stereocenters. The zero-order chi connectivity index (χ0) is 28.8. The highest BCUT2D eigenvalue weighted by molar-refractivity contribution is 7.97. The van der Waals surface area contributed by atoms with Gasteiger partial charge < -0.3 is 14.2 Å². The van der Waals surface area contributed by atoms with Crippen molar-refractivity contribution in [3.05, 3.63) is 83.9 Å². The van der Waals surface area contributed by atoms with Gasteiger partial charge in [0.25, 0.3) is 0 Å². The lowest BCUT2D eigenvalue weighted by Gasteiger charge is -2.43. The van der Waals surface area contributed by atoms with Crippen LogP contribution in [-0.2, 0) is 41.7 Å². The number of benzene rings is 3. The topological polar surface area (TPSA) is 82.1 Å². The van der Waals surface area contributed by atoms with Gasteiger partial charge in [-0.2, -0.15) is 17.2 Å². The summed E-state index contributed by atoms with van der Waals surface area (Å²) in [5.41, 5.74) is 2.09. The van der Waals surface area contributed by atoms with E-state index in [1.807, 2.05) is 38.1 Å². The van der Waals surface area contributed by atoms with E-state index in [0.717, 1.165) is 27.2 Å². The predicted octanol–water partition coefficient (Wildman–Crippen LogP) is 6.89. The minimum atomic E-state index is -5.62. The van der Waals surface area contributed by atoms with E-state index in [1.54, 1.807) is 12.1 Å². The van der Waals surface area contributed by atoms with Crippen LogP contribution in [0.1, 0.15) is 52.7 Å². The average Bonchev–Trinajstić information content (AvgIpc) is 2.84. The van der Waals surface area contributed by atoms with Crippen molar-refractivity contribution in [3.8, 4) is 5.75 Å². The van der Waals surface area contributed by atoms with E-state index in [4.69, 9.17) is 18.8 Å². The Labute approximate surface area is 231 Å². The van der Waals surface area contributed by atoms with E-state index in [-0.39, 0.29) is 17.5 Å². The molecular weight excluding hydrogens is 546 g/mol. The van der Waals surface area contributed by atoms with Gasteiger partial charge in [0.2, 0.25) is 0 Å². The van der Waals surface area contributed by atoms with Crippen molar-refractivity contribution in [2.24, 2.45) is 0 Å². The highest BCUT2D eigenvalue weighted by Crippen LogP contribution is 2.40. The lowest BCUT2D eigenvalue weighted by Crippen LogP contribution is -2.47. The van der Waals surface area contributed by atoms with Gasteiger partial charge in [0, 0.05) is 5.56 Å². The number of halogens is 2. The van der Waals surface area contributed by atoms with Crippen LogP contribution in [0.3, 0.4) is 0 Å². The highest BCUT2D eigenvalue weighted by atomic mass is 32.2. The molecule has 3 aromatic rings. The summed E-state index contributed by atoms with van der Waals surface area (Å²) in [5, 5.41) is -4.45. The van der Waals surface area contributed by atoms with E-state index >= 15 is 0 Å². The van der Waals surface area contributed by atoms with Crippen molar-refractivity contribution in [1.82, 2.24) is 0 Å². The third-order valence-electron chi connectivity index (χ3n) is 6.54. The first-order chi connectivity index (χ1) is 18.0. The quantitative estimate of drug-likeness (QED) is 0.231. The molecule has 1 N–H and O–H groups in total.